The van der Waals surface area contributed by atoms with Crippen molar-refractivity contribution in [2.75, 3.05) is 13.2 Å². The number of amides is 2. The van der Waals surface area contributed by atoms with E-state index >= 15 is 0 Å². The lowest BCUT2D eigenvalue weighted by Crippen LogP contribution is -2.31. The summed E-state index contributed by atoms with van der Waals surface area (Å²) in [6.45, 7) is 0.670. The number of furan rings is 1. The van der Waals surface area contributed by atoms with Gasteiger partial charge in [-0.3, -0.25) is 19.2 Å². The first-order chi connectivity index (χ1) is 13.6. The standard InChI is InChI=1S/C20H17N3O5/c24-18-15-5-1-2-6-16(15)19(25)23(18)11-4-12-27-20(26)17-8-7-14(28-17)13-22-10-3-9-21-22/h1-3,5-10H,4,11-13H2. The molecule has 0 spiro atoms. The van der Waals surface area contributed by atoms with Gasteiger partial charge in [-0.25, -0.2) is 4.79 Å². The Balaban J connectivity index is 1.26. The minimum Gasteiger partial charge on any atom is -0.460 e. The molecule has 1 aromatic carbocycles. The van der Waals surface area contributed by atoms with E-state index in [0.29, 0.717) is 29.9 Å². The Morgan fingerprint density at radius 3 is 2.46 bits per heavy atom. The summed E-state index contributed by atoms with van der Waals surface area (Å²) in [6.07, 6.45) is 3.80. The summed E-state index contributed by atoms with van der Waals surface area (Å²) in [5.41, 5.74) is 0.814. The second-order valence-corrected chi connectivity index (χ2v) is 6.27. The number of fused-ring (bicyclic) bond motifs is 1. The number of aromatic nitrogens is 2. The van der Waals surface area contributed by atoms with Gasteiger partial charge < -0.3 is 9.15 Å². The molecule has 0 atom stereocenters. The van der Waals surface area contributed by atoms with Crippen LogP contribution in [0.5, 0.6) is 0 Å². The van der Waals surface area contributed by atoms with E-state index in [4.69, 9.17) is 9.15 Å². The summed E-state index contributed by atoms with van der Waals surface area (Å²) < 4.78 is 12.3. The van der Waals surface area contributed by atoms with Crippen LogP contribution in [0.25, 0.3) is 0 Å². The average Bonchev–Trinajstić information content (AvgIpc) is 3.43. The van der Waals surface area contributed by atoms with Crippen molar-refractivity contribution in [2.24, 2.45) is 0 Å². The third-order valence-corrected chi connectivity index (χ3v) is 4.38. The molecule has 0 N–H and O–H groups in total. The van der Waals surface area contributed by atoms with Gasteiger partial charge in [0.1, 0.15) is 5.76 Å². The van der Waals surface area contributed by atoms with E-state index in [9.17, 15) is 14.4 Å². The highest BCUT2D eigenvalue weighted by Gasteiger charge is 2.34. The van der Waals surface area contributed by atoms with Crippen LogP contribution in [-0.2, 0) is 11.3 Å². The summed E-state index contributed by atoms with van der Waals surface area (Å²) >= 11 is 0. The number of carbonyl (C=O) groups excluding carboxylic acids is 3. The number of nitrogens with zero attached hydrogens (tertiary/aromatic N) is 3. The zero-order chi connectivity index (χ0) is 19.5. The minimum atomic E-state index is -0.589. The van der Waals surface area contributed by atoms with Crippen molar-refractivity contribution in [3.8, 4) is 0 Å². The lowest BCUT2D eigenvalue weighted by molar-refractivity contribution is 0.0446. The molecule has 8 nitrogen and oxygen atoms in total. The van der Waals surface area contributed by atoms with Gasteiger partial charge in [-0.2, -0.15) is 5.10 Å². The molecule has 2 aromatic heterocycles. The molecular weight excluding hydrogens is 362 g/mol. The molecule has 28 heavy (non-hydrogen) atoms. The van der Waals surface area contributed by atoms with Crippen LogP contribution in [0.15, 0.2) is 59.3 Å². The monoisotopic (exact) mass is 379 g/mol. The van der Waals surface area contributed by atoms with Crippen molar-refractivity contribution in [3.05, 3.63) is 77.5 Å². The number of ether oxygens (including phenoxy) is 1. The molecule has 3 aromatic rings. The molecular formula is C20H17N3O5. The van der Waals surface area contributed by atoms with Crippen molar-refractivity contribution in [1.29, 1.82) is 0 Å². The predicted molar refractivity (Wildman–Crippen MR) is 96.7 cm³/mol. The van der Waals surface area contributed by atoms with Crippen LogP contribution in [0.1, 0.15) is 43.5 Å². The molecule has 0 fully saturated rings. The van der Waals surface area contributed by atoms with Gasteiger partial charge in [-0.15, -0.1) is 0 Å². The first kappa shape index (κ1) is 17.7. The molecule has 0 radical (unpaired) electrons. The SMILES string of the molecule is O=C(OCCCN1C(=O)c2ccccc2C1=O)c1ccc(Cn2cccn2)o1. The first-order valence-electron chi connectivity index (χ1n) is 8.82. The van der Waals surface area contributed by atoms with Gasteiger partial charge in [0.25, 0.3) is 11.8 Å². The lowest BCUT2D eigenvalue weighted by Gasteiger charge is -2.13. The number of benzene rings is 1. The van der Waals surface area contributed by atoms with Crippen molar-refractivity contribution in [1.82, 2.24) is 14.7 Å². The van der Waals surface area contributed by atoms with Crippen LogP contribution in [0.4, 0.5) is 0 Å². The maximum absolute atomic E-state index is 12.3. The van der Waals surface area contributed by atoms with E-state index in [1.807, 2.05) is 0 Å². The zero-order valence-corrected chi connectivity index (χ0v) is 14.9. The molecule has 8 heteroatoms. The maximum Gasteiger partial charge on any atom is 0.374 e. The van der Waals surface area contributed by atoms with E-state index < -0.39 is 5.97 Å². The number of hydrogen-bond acceptors (Lipinski definition) is 6. The molecule has 2 amide bonds. The predicted octanol–water partition coefficient (Wildman–Crippen LogP) is 2.37. The molecule has 0 aliphatic carbocycles. The van der Waals surface area contributed by atoms with Gasteiger partial charge >= 0.3 is 5.97 Å². The van der Waals surface area contributed by atoms with Gasteiger partial charge in [0.15, 0.2) is 0 Å². The Bertz CT molecular complexity index is 987. The molecule has 1 aliphatic rings. The number of carbonyl (C=O) groups is 3. The Labute approximate surface area is 160 Å². The summed E-state index contributed by atoms with van der Waals surface area (Å²) in [5, 5.41) is 4.07. The second kappa shape index (κ2) is 7.51. The van der Waals surface area contributed by atoms with Crippen molar-refractivity contribution in [2.45, 2.75) is 13.0 Å². The molecule has 1 aliphatic heterocycles. The van der Waals surface area contributed by atoms with E-state index in [0.717, 1.165) is 0 Å². The molecule has 4 rings (SSSR count). The highest BCUT2D eigenvalue weighted by atomic mass is 16.5. The third kappa shape index (κ3) is 3.44. The number of rotatable bonds is 7. The highest BCUT2D eigenvalue weighted by Crippen LogP contribution is 2.22. The van der Waals surface area contributed by atoms with Crippen LogP contribution in [0, 0.1) is 0 Å². The van der Waals surface area contributed by atoms with Crippen LogP contribution in [-0.4, -0.2) is 45.6 Å². The second-order valence-electron chi connectivity index (χ2n) is 6.27. The van der Waals surface area contributed by atoms with E-state index in [1.165, 1.54) is 4.90 Å². The van der Waals surface area contributed by atoms with Crippen LogP contribution >= 0.6 is 0 Å². The van der Waals surface area contributed by atoms with Gasteiger partial charge in [-0.1, -0.05) is 12.1 Å². The fourth-order valence-corrected chi connectivity index (χ4v) is 3.03. The van der Waals surface area contributed by atoms with E-state index in [1.54, 1.807) is 59.5 Å². The topological polar surface area (TPSA) is 94.6 Å². The molecule has 0 unspecified atom stereocenters. The van der Waals surface area contributed by atoms with Gasteiger partial charge in [0.05, 0.1) is 24.3 Å². The fraction of sp³-hybridized carbons (Fsp3) is 0.200. The van der Waals surface area contributed by atoms with E-state index in [2.05, 4.69) is 5.10 Å². The Kier molecular flexibility index (Phi) is 4.76. The maximum atomic E-state index is 12.3. The minimum absolute atomic E-state index is 0.0709. The third-order valence-electron chi connectivity index (χ3n) is 4.38. The van der Waals surface area contributed by atoms with Gasteiger partial charge in [-0.05, 0) is 36.8 Å². The van der Waals surface area contributed by atoms with Crippen LogP contribution in [0.3, 0.4) is 0 Å². The molecule has 0 saturated heterocycles. The molecule has 142 valence electrons. The normalized spacial score (nSPS) is 13.1. The van der Waals surface area contributed by atoms with Gasteiger partial charge in [0.2, 0.25) is 5.76 Å². The fourth-order valence-electron chi connectivity index (χ4n) is 3.03. The quantitative estimate of drug-likeness (QED) is 0.355. The summed E-state index contributed by atoms with van der Waals surface area (Å²) in [5.74, 6) is -0.541. The largest absolute Gasteiger partial charge is 0.460 e. The Morgan fingerprint density at radius 2 is 1.79 bits per heavy atom. The van der Waals surface area contributed by atoms with Crippen LogP contribution < -0.4 is 0 Å². The van der Waals surface area contributed by atoms with E-state index in [-0.39, 0.29) is 30.7 Å². The van der Waals surface area contributed by atoms with Gasteiger partial charge in [0, 0.05) is 18.9 Å². The zero-order valence-electron chi connectivity index (χ0n) is 14.9. The lowest BCUT2D eigenvalue weighted by atomic mass is 10.1. The molecule has 0 saturated carbocycles. The van der Waals surface area contributed by atoms with Crippen molar-refractivity contribution < 1.29 is 23.5 Å². The average molecular weight is 379 g/mol. The van der Waals surface area contributed by atoms with Crippen LogP contribution in [0.2, 0.25) is 0 Å². The summed E-state index contributed by atoms with van der Waals surface area (Å²) in [4.78, 5) is 37.8. The number of imide groups is 1. The Morgan fingerprint density at radius 1 is 1.04 bits per heavy atom. The first-order valence-corrected chi connectivity index (χ1v) is 8.82. The number of esters is 1. The van der Waals surface area contributed by atoms with Crippen molar-refractivity contribution >= 4 is 17.8 Å². The summed E-state index contributed by atoms with van der Waals surface area (Å²) in [6, 6.07) is 11.7. The molecule has 3 heterocycles. The highest BCUT2D eigenvalue weighted by molar-refractivity contribution is 6.21. The Hall–Kier alpha value is -3.68. The smallest absolute Gasteiger partial charge is 0.374 e. The molecule has 0 bridgehead atoms. The van der Waals surface area contributed by atoms with Crippen molar-refractivity contribution in [3.63, 3.8) is 0 Å². The summed E-state index contributed by atoms with van der Waals surface area (Å²) in [7, 11) is 0. The number of hydrogen-bond donors (Lipinski definition) is 0.